The van der Waals surface area contributed by atoms with Gasteiger partial charge in [0.2, 0.25) is 5.28 Å². The Morgan fingerprint density at radius 3 is 3.00 bits per heavy atom. The van der Waals surface area contributed by atoms with E-state index < -0.39 is 0 Å². The second kappa shape index (κ2) is 5.54. The normalized spacial score (nSPS) is 16.8. The third kappa shape index (κ3) is 2.77. The van der Waals surface area contributed by atoms with E-state index >= 15 is 0 Å². The number of hydrogen-bond acceptors (Lipinski definition) is 5. The number of rotatable bonds is 3. The number of nitrogens with zero attached hydrogens (tertiary/aromatic N) is 2. The fourth-order valence-electron chi connectivity index (χ4n) is 1.97. The van der Waals surface area contributed by atoms with Crippen LogP contribution >= 0.6 is 11.6 Å². The van der Waals surface area contributed by atoms with E-state index in [4.69, 9.17) is 21.1 Å². The highest BCUT2D eigenvalue weighted by atomic mass is 35.5. The molecule has 0 bridgehead atoms. The maximum Gasteiger partial charge on any atom is 0.224 e. The minimum absolute atomic E-state index is 0.0713. The highest BCUT2D eigenvalue weighted by Gasteiger charge is 2.20. The number of aryl methyl sites for hydroxylation is 1. The van der Waals surface area contributed by atoms with E-state index in [2.05, 4.69) is 15.3 Å². The number of anilines is 1. The summed E-state index contributed by atoms with van der Waals surface area (Å²) in [5.74, 6) is 2.26. The van der Waals surface area contributed by atoms with Crippen molar-refractivity contribution < 1.29 is 9.47 Å². The number of fused-ring (bicyclic) bond motifs is 1. The lowest BCUT2D eigenvalue weighted by Gasteiger charge is -2.26. The summed E-state index contributed by atoms with van der Waals surface area (Å²) >= 11 is 5.79. The third-order valence-corrected chi connectivity index (χ3v) is 3.19. The summed E-state index contributed by atoms with van der Waals surface area (Å²) in [4.78, 5) is 8.07. The molecule has 1 aliphatic heterocycles. The van der Waals surface area contributed by atoms with Crippen molar-refractivity contribution in [2.75, 3.05) is 18.5 Å². The van der Waals surface area contributed by atoms with Gasteiger partial charge in [0, 0.05) is 11.8 Å². The molecule has 2 aromatic rings. The van der Waals surface area contributed by atoms with Gasteiger partial charge < -0.3 is 14.8 Å². The summed E-state index contributed by atoms with van der Waals surface area (Å²) in [5.41, 5.74) is 0.937. The van der Waals surface area contributed by atoms with E-state index in [1.54, 1.807) is 6.20 Å². The van der Waals surface area contributed by atoms with E-state index in [1.807, 2.05) is 31.2 Å². The van der Waals surface area contributed by atoms with Crippen LogP contribution in [0.3, 0.4) is 0 Å². The van der Waals surface area contributed by atoms with E-state index in [0.29, 0.717) is 19.0 Å². The molecule has 0 amide bonds. The van der Waals surface area contributed by atoms with Gasteiger partial charge in [0.25, 0.3) is 0 Å². The molecule has 3 rings (SSSR count). The van der Waals surface area contributed by atoms with Crippen LogP contribution in [0.25, 0.3) is 0 Å². The summed E-state index contributed by atoms with van der Waals surface area (Å²) in [6.45, 7) is 3.01. The molecule has 0 radical (unpaired) electrons. The second-order valence-electron chi connectivity index (χ2n) is 4.55. The van der Waals surface area contributed by atoms with Gasteiger partial charge in [-0.15, -0.1) is 0 Å². The van der Waals surface area contributed by atoms with Crippen LogP contribution in [0.1, 0.15) is 5.56 Å². The number of para-hydroxylation sites is 2. The van der Waals surface area contributed by atoms with Gasteiger partial charge in [-0.1, -0.05) is 12.1 Å². The number of benzene rings is 1. The molecular weight excluding hydrogens is 278 g/mol. The number of nitrogens with one attached hydrogen (secondary N) is 1. The summed E-state index contributed by atoms with van der Waals surface area (Å²) < 4.78 is 11.5. The maximum atomic E-state index is 5.86. The van der Waals surface area contributed by atoms with Crippen molar-refractivity contribution in [3.63, 3.8) is 0 Å². The first-order valence-corrected chi connectivity index (χ1v) is 6.71. The number of aromatic nitrogens is 2. The first-order valence-electron chi connectivity index (χ1n) is 6.34. The number of hydrogen-bond donors (Lipinski definition) is 1. The zero-order valence-electron chi connectivity index (χ0n) is 11.0. The Balaban J connectivity index is 1.64. The molecule has 0 spiro atoms. The van der Waals surface area contributed by atoms with Crippen LogP contribution in [-0.4, -0.2) is 29.2 Å². The Hall–Kier alpha value is -2.01. The lowest BCUT2D eigenvalue weighted by atomic mass is 10.2. The van der Waals surface area contributed by atoms with Crippen molar-refractivity contribution in [1.82, 2.24) is 9.97 Å². The third-order valence-electron chi connectivity index (χ3n) is 3.01. The SMILES string of the molecule is Cc1cnc(Cl)nc1NCC1COc2ccccc2O1. The molecule has 5 nitrogen and oxygen atoms in total. The highest BCUT2D eigenvalue weighted by Crippen LogP contribution is 2.30. The minimum Gasteiger partial charge on any atom is -0.486 e. The Kier molecular flexibility index (Phi) is 3.60. The van der Waals surface area contributed by atoms with Gasteiger partial charge in [-0.2, -0.15) is 0 Å². The molecule has 1 unspecified atom stereocenters. The number of ether oxygens (including phenoxy) is 2. The second-order valence-corrected chi connectivity index (χ2v) is 4.89. The first kappa shape index (κ1) is 13.0. The standard InChI is InChI=1S/C14H14ClN3O2/c1-9-6-17-14(15)18-13(9)16-7-10-8-19-11-4-2-3-5-12(11)20-10/h2-6,10H,7-8H2,1H3,(H,16,17,18). The van der Waals surface area contributed by atoms with Gasteiger partial charge in [-0.3, -0.25) is 0 Å². The Labute approximate surface area is 121 Å². The van der Waals surface area contributed by atoms with Crippen molar-refractivity contribution in [1.29, 1.82) is 0 Å². The Morgan fingerprint density at radius 1 is 1.35 bits per heavy atom. The molecule has 1 aliphatic rings. The number of halogens is 1. The molecule has 1 aromatic heterocycles. The Bertz CT molecular complexity index is 621. The molecule has 1 atom stereocenters. The van der Waals surface area contributed by atoms with Crippen molar-refractivity contribution >= 4 is 17.4 Å². The van der Waals surface area contributed by atoms with E-state index in [0.717, 1.165) is 17.1 Å². The molecule has 104 valence electrons. The van der Waals surface area contributed by atoms with Crippen LogP contribution in [0.15, 0.2) is 30.5 Å². The molecule has 2 heterocycles. The van der Waals surface area contributed by atoms with Gasteiger partial charge in [0.1, 0.15) is 18.5 Å². The summed E-state index contributed by atoms with van der Waals surface area (Å²) in [7, 11) is 0. The van der Waals surface area contributed by atoms with Crippen LogP contribution < -0.4 is 14.8 Å². The van der Waals surface area contributed by atoms with Crippen molar-refractivity contribution in [2.24, 2.45) is 0 Å². The van der Waals surface area contributed by atoms with Crippen molar-refractivity contribution in [2.45, 2.75) is 13.0 Å². The largest absolute Gasteiger partial charge is 0.486 e. The minimum atomic E-state index is -0.0713. The van der Waals surface area contributed by atoms with Crippen molar-refractivity contribution in [3.8, 4) is 11.5 Å². The average Bonchev–Trinajstić information content (AvgIpc) is 2.48. The van der Waals surface area contributed by atoms with Crippen LogP contribution in [0.4, 0.5) is 5.82 Å². The molecular formula is C14H14ClN3O2. The Morgan fingerprint density at radius 2 is 2.15 bits per heavy atom. The predicted molar refractivity (Wildman–Crippen MR) is 76.6 cm³/mol. The van der Waals surface area contributed by atoms with Gasteiger partial charge in [-0.25, -0.2) is 9.97 Å². The topological polar surface area (TPSA) is 56.3 Å². The summed E-state index contributed by atoms with van der Waals surface area (Å²) in [6, 6.07) is 7.64. The van der Waals surface area contributed by atoms with Gasteiger partial charge >= 0.3 is 0 Å². The molecule has 0 saturated heterocycles. The van der Waals surface area contributed by atoms with Crippen molar-refractivity contribution in [3.05, 3.63) is 41.3 Å². The molecule has 20 heavy (non-hydrogen) atoms. The zero-order valence-corrected chi connectivity index (χ0v) is 11.7. The fraction of sp³-hybridized carbons (Fsp3) is 0.286. The molecule has 1 N–H and O–H groups in total. The van der Waals surface area contributed by atoms with Crippen LogP contribution in [0.5, 0.6) is 11.5 Å². The van der Waals surface area contributed by atoms with Crippen LogP contribution in [-0.2, 0) is 0 Å². The maximum absolute atomic E-state index is 5.86. The first-order chi connectivity index (χ1) is 9.72. The van der Waals surface area contributed by atoms with Crippen LogP contribution in [0.2, 0.25) is 5.28 Å². The lowest BCUT2D eigenvalue weighted by molar-refractivity contribution is 0.0997. The molecule has 0 saturated carbocycles. The van der Waals surface area contributed by atoms with E-state index in [1.165, 1.54) is 0 Å². The lowest BCUT2D eigenvalue weighted by Crippen LogP contribution is -2.35. The monoisotopic (exact) mass is 291 g/mol. The summed E-state index contributed by atoms with van der Waals surface area (Å²) in [5, 5.41) is 3.44. The van der Waals surface area contributed by atoms with E-state index in [9.17, 15) is 0 Å². The quantitative estimate of drug-likeness (QED) is 0.881. The highest BCUT2D eigenvalue weighted by molar-refractivity contribution is 6.28. The molecule has 0 aliphatic carbocycles. The summed E-state index contributed by atoms with van der Waals surface area (Å²) in [6.07, 6.45) is 1.61. The van der Waals surface area contributed by atoms with Crippen LogP contribution in [0, 0.1) is 6.92 Å². The average molecular weight is 292 g/mol. The smallest absolute Gasteiger partial charge is 0.224 e. The molecule has 6 heteroatoms. The van der Waals surface area contributed by atoms with Gasteiger partial charge in [-0.05, 0) is 30.7 Å². The fourth-order valence-corrected chi connectivity index (χ4v) is 2.11. The van der Waals surface area contributed by atoms with Gasteiger partial charge in [0.15, 0.2) is 11.5 Å². The zero-order chi connectivity index (χ0) is 13.9. The molecule has 0 fully saturated rings. The molecule has 1 aromatic carbocycles. The van der Waals surface area contributed by atoms with E-state index in [-0.39, 0.29) is 11.4 Å². The van der Waals surface area contributed by atoms with Gasteiger partial charge in [0.05, 0.1) is 6.54 Å². The predicted octanol–water partition coefficient (Wildman–Crippen LogP) is 2.69.